The highest BCUT2D eigenvalue weighted by Crippen LogP contribution is 2.56. The second-order valence-electron chi connectivity index (χ2n) is 25.4. The van der Waals surface area contributed by atoms with Crippen LogP contribution in [0.3, 0.4) is 0 Å². The zero-order valence-corrected chi connectivity index (χ0v) is 51.8. The van der Waals surface area contributed by atoms with E-state index in [0.717, 1.165) is 111 Å². The molecule has 0 aliphatic rings. The van der Waals surface area contributed by atoms with Crippen molar-refractivity contribution in [1.82, 2.24) is 8.80 Å². The van der Waals surface area contributed by atoms with E-state index in [2.05, 4.69) is 346 Å². The molecule has 0 bridgehead atoms. The van der Waals surface area contributed by atoms with Crippen LogP contribution in [-0.4, -0.2) is 8.80 Å². The van der Waals surface area contributed by atoms with Crippen molar-refractivity contribution in [1.29, 1.82) is 0 Å². The van der Waals surface area contributed by atoms with Gasteiger partial charge >= 0.3 is 0 Å². The fourth-order valence-electron chi connectivity index (χ4n) is 16.3. The molecule has 0 aliphatic carbocycles. The zero-order chi connectivity index (χ0) is 62.7. The fourth-order valence-corrected chi connectivity index (χ4v) is 16.3. The molecule has 0 atom stereocenters. The average molecular weight is 1220 g/mol. The largest absolute Gasteiger partial charge is 0.454 e. The van der Waals surface area contributed by atoms with Crippen LogP contribution in [0.25, 0.3) is 165 Å². The molecule has 0 N–H and O–H groups in total. The number of fused-ring (bicyclic) bond motifs is 18. The third-order valence-corrected chi connectivity index (χ3v) is 20.3. The van der Waals surface area contributed by atoms with Crippen LogP contribution in [0.15, 0.2) is 336 Å². The van der Waals surface area contributed by atoms with E-state index in [1.165, 1.54) is 87.4 Å². The number of hydrogen-bond acceptors (Lipinski definition) is 4. The van der Waals surface area contributed by atoms with Gasteiger partial charge in [-0.2, -0.15) is 0 Å². The Hall–Kier alpha value is -12.9. The van der Waals surface area contributed by atoms with E-state index in [9.17, 15) is 0 Å². The Balaban J connectivity index is 0.868. The maximum Gasteiger partial charge on any atom is 0.159 e. The molecule has 0 saturated carbocycles. The highest BCUT2D eigenvalue weighted by atomic mass is 16.3. The lowest BCUT2D eigenvalue weighted by atomic mass is 9.89. The summed E-state index contributed by atoms with van der Waals surface area (Å²) in [5.74, 6) is 0. The molecule has 446 valence electrons. The van der Waals surface area contributed by atoms with E-state index in [-0.39, 0.29) is 0 Å². The van der Waals surface area contributed by atoms with Gasteiger partial charge in [-0.1, -0.05) is 255 Å². The van der Waals surface area contributed by atoms with Crippen LogP contribution in [0.4, 0.5) is 34.1 Å². The SMILES string of the molecule is c1ccc(-c2ccc(N(c3ccc4c5cccc6c7c(-c8ccccc8)c8c(c(-c9ccccc9)c7n(c4c3)c56)c3cccc4c5ccc(N(c6ccc(-c7ccccc7)cc6)c6cccc7c6oc6ccccc67)cc5n8c43)c3cccc4c3oc3ccccc34)cc2)cc1. The van der Waals surface area contributed by atoms with Crippen molar-refractivity contribution in [2.75, 3.05) is 9.80 Å². The molecule has 6 nitrogen and oxygen atoms in total. The smallest absolute Gasteiger partial charge is 0.159 e. The zero-order valence-electron chi connectivity index (χ0n) is 51.8. The molecular weight excluding hydrogens is 1170 g/mol. The maximum absolute atomic E-state index is 6.92. The number of anilines is 6. The monoisotopic (exact) mass is 1220 g/mol. The van der Waals surface area contributed by atoms with Crippen molar-refractivity contribution >= 4 is 154 Å². The first kappa shape index (κ1) is 52.7. The first-order valence-electron chi connectivity index (χ1n) is 32.9. The van der Waals surface area contributed by atoms with Crippen LogP contribution in [0.5, 0.6) is 0 Å². The summed E-state index contributed by atoms with van der Waals surface area (Å²) < 4.78 is 19.1. The normalized spacial score (nSPS) is 12.2. The van der Waals surface area contributed by atoms with Gasteiger partial charge in [-0.3, -0.25) is 0 Å². The first-order valence-corrected chi connectivity index (χ1v) is 32.9. The molecule has 0 fully saturated rings. The quantitative estimate of drug-likeness (QED) is 0.137. The van der Waals surface area contributed by atoms with Gasteiger partial charge in [0.2, 0.25) is 0 Å². The van der Waals surface area contributed by atoms with E-state index >= 15 is 0 Å². The van der Waals surface area contributed by atoms with Crippen molar-refractivity contribution in [2.45, 2.75) is 0 Å². The van der Waals surface area contributed by atoms with Gasteiger partial charge in [0.15, 0.2) is 11.2 Å². The van der Waals surface area contributed by atoms with Gasteiger partial charge in [0.1, 0.15) is 11.2 Å². The maximum atomic E-state index is 6.92. The third kappa shape index (κ3) is 7.52. The molecule has 0 spiro atoms. The fraction of sp³-hybridized carbons (Fsp3) is 0. The minimum atomic E-state index is 0.837. The molecular formula is C90H54N4O2. The van der Waals surface area contributed by atoms with E-state index < -0.39 is 0 Å². The Bertz CT molecular complexity index is 6260. The van der Waals surface area contributed by atoms with Crippen LogP contribution in [0.1, 0.15) is 0 Å². The second kappa shape index (κ2) is 20.3. The highest BCUT2D eigenvalue weighted by Gasteiger charge is 2.32. The van der Waals surface area contributed by atoms with E-state index in [1.54, 1.807) is 0 Å². The molecule has 96 heavy (non-hydrogen) atoms. The summed E-state index contributed by atoms with van der Waals surface area (Å²) in [6.07, 6.45) is 0. The van der Waals surface area contributed by atoms with Crippen LogP contribution in [0.2, 0.25) is 0 Å². The van der Waals surface area contributed by atoms with E-state index in [0.29, 0.717) is 0 Å². The minimum Gasteiger partial charge on any atom is -0.454 e. The minimum absolute atomic E-state index is 0.837. The van der Waals surface area contributed by atoms with Gasteiger partial charge in [-0.05, 0) is 106 Å². The van der Waals surface area contributed by atoms with Crippen molar-refractivity contribution in [3.05, 3.63) is 328 Å². The Morgan fingerprint density at radius 1 is 0.219 bits per heavy atom. The van der Waals surface area contributed by atoms with Gasteiger partial charge < -0.3 is 27.4 Å². The molecule has 6 heteroatoms. The van der Waals surface area contributed by atoms with Gasteiger partial charge in [-0.25, -0.2) is 0 Å². The van der Waals surface area contributed by atoms with Gasteiger partial charge in [0.25, 0.3) is 0 Å². The Labute approximate surface area is 550 Å². The van der Waals surface area contributed by atoms with Gasteiger partial charge in [0.05, 0.1) is 44.5 Å². The number of aromatic nitrogens is 2. The number of furan rings is 2. The average Bonchev–Trinajstić information content (AvgIpc) is 1.49. The lowest BCUT2D eigenvalue weighted by Crippen LogP contribution is -2.10. The summed E-state index contributed by atoms with van der Waals surface area (Å²) >= 11 is 0. The number of para-hydroxylation sites is 6. The number of hydrogen-bond donors (Lipinski definition) is 0. The Morgan fingerprint density at radius 2 is 0.542 bits per heavy atom. The number of nitrogens with zero attached hydrogens (tertiary/aromatic N) is 4. The Morgan fingerprint density at radius 3 is 0.958 bits per heavy atom. The molecule has 6 aromatic heterocycles. The number of rotatable bonds is 10. The lowest BCUT2D eigenvalue weighted by Gasteiger charge is -2.26. The Kier molecular flexibility index (Phi) is 11.1. The topological polar surface area (TPSA) is 41.6 Å². The predicted octanol–water partition coefficient (Wildman–Crippen LogP) is 25.4. The van der Waals surface area contributed by atoms with Gasteiger partial charge in [-0.15, -0.1) is 0 Å². The lowest BCUT2D eigenvalue weighted by molar-refractivity contribution is 0.668. The van der Waals surface area contributed by atoms with Gasteiger partial charge in [0, 0.05) is 98.5 Å². The first-order chi connectivity index (χ1) is 47.7. The van der Waals surface area contributed by atoms with Crippen LogP contribution in [0, 0.1) is 0 Å². The molecule has 15 aromatic carbocycles. The van der Waals surface area contributed by atoms with Crippen LogP contribution < -0.4 is 9.80 Å². The summed E-state index contributed by atoms with van der Waals surface area (Å²) in [5.41, 5.74) is 25.7. The summed E-state index contributed by atoms with van der Waals surface area (Å²) in [6.45, 7) is 0. The highest BCUT2D eigenvalue weighted by molar-refractivity contribution is 6.38. The second-order valence-corrected chi connectivity index (χ2v) is 25.4. The van der Waals surface area contributed by atoms with Crippen molar-refractivity contribution in [2.24, 2.45) is 0 Å². The van der Waals surface area contributed by atoms with Crippen molar-refractivity contribution in [3.8, 4) is 44.5 Å². The van der Waals surface area contributed by atoms with Crippen LogP contribution in [-0.2, 0) is 0 Å². The van der Waals surface area contributed by atoms with Crippen molar-refractivity contribution in [3.63, 3.8) is 0 Å². The molecule has 0 unspecified atom stereocenters. The van der Waals surface area contributed by atoms with Crippen molar-refractivity contribution < 1.29 is 8.83 Å². The molecule has 0 radical (unpaired) electrons. The van der Waals surface area contributed by atoms with E-state index in [4.69, 9.17) is 8.83 Å². The molecule has 21 rings (SSSR count). The summed E-state index contributed by atoms with van der Waals surface area (Å²) in [4.78, 5) is 4.78. The molecule has 0 saturated heterocycles. The summed E-state index contributed by atoms with van der Waals surface area (Å²) in [7, 11) is 0. The third-order valence-electron chi connectivity index (χ3n) is 20.3. The summed E-state index contributed by atoms with van der Waals surface area (Å²) in [5, 5.41) is 13.9. The summed E-state index contributed by atoms with van der Waals surface area (Å²) in [6, 6.07) is 119. The number of benzene rings is 15. The van der Waals surface area contributed by atoms with Crippen LogP contribution >= 0.6 is 0 Å². The molecule has 0 amide bonds. The predicted molar refractivity (Wildman–Crippen MR) is 401 cm³/mol. The van der Waals surface area contributed by atoms with E-state index in [1.807, 2.05) is 0 Å². The molecule has 0 aliphatic heterocycles. The molecule has 21 aromatic rings. The molecule has 6 heterocycles. The standard InChI is InChI=1S/C90H54N4O2/c1-5-21-55(22-6-1)57-41-45-61(46-42-57)91(75-37-19-33-71-67-29-13-15-39-79(67)95-89(71)75)63-49-51-65-69-31-17-35-73-83-82(60-27-11-4-12-28-60)88-84(81(59-25-9-3-10-26-59)87(83)93(85(69)73)77(65)53-63)74-36-18-32-70-66-52-50-64(54-78(66)94(88)86(70)74)92(62-47-43-58(44-48-62)56-23-7-2-8-24-56)76-38-20-34-72-68-30-14-16-40-80(68)96-90(72)76/h1-54H.